The second-order valence-electron chi connectivity index (χ2n) is 4.91. The number of anilines is 1. The maximum atomic E-state index is 11.5. The van der Waals surface area contributed by atoms with Gasteiger partial charge in [0.05, 0.1) is 10.6 Å². The fraction of sp³-hybridized carbons (Fsp3) is 0.357. The highest BCUT2D eigenvalue weighted by atomic mass is 32.2. The summed E-state index contributed by atoms with van der Waals surface area (Å²) in [6, 6.07) is 6.92. The van der Waals surface area contributed by atoms with Crippen molar-refractivity contribution < 1.29 is 8.42 Å². The van der Waals surface area contributed by atoms with Crippen molar-refractivity contribution in [2.75, 3.05) is 35.8 Å². The Morgan fingerprint density at radius 1 is 1.14 bits per heavy atom. The average Bonchev–Trinajstić information content (AvgIpc) is 2.97. The number of sulfone groups is 1. The summed E-state index contributed by atoms with van der Waals surface area (Å²) in [6.45, 7) is 2.09. The maximum Gasteiger partial charge on any atom is 0.185 e. The molecule has 1 saturated heterocycles. The van der Waals surface area contributed by atoms with Crippen LogP contribution in [0.4, 0.5) is 5.13 Å². The molecular weight excluding hydrogens is 324 g/mol. The minimum absolute atomic E-state index is 0.342. The Kier molecular flexibility index (Phi) is 4.24. The van der Waals surface area contributed by atoms with Crippen LogP contribution < -0.4 is 4.90 Å². The molecule has 1 aromatic heterocycles. The van der Waals surface area contributed by atoms with Gasteiger partial charge in [0.2, 0.25) is 0 Å². The zero-order chi connectivity index (χ0) is 14.9. The molecule has 0 N–H and O–H groups in total. The van der Waals surface area contributed by atoms with Crippen LogP contribution in [0, 0.1) is 0 Å². The van der Waals surface area contributed by atoms with Gasteiger partial charge in [-0.05, 0) is 12.1 Å². The van der Waals surface area contributed by atoms with Crippen LogP contribution in [-0.2, 0) is 9.84 Å². The van der Waals surface area contributed by atoms with E-state index in [4.69, 9.17) is 0 Å². The molecule has 0 spiro atoms. The smallest absolute Gasteiger partial charge is 0.185 e. The molecule has 1 aliphatic heterocycles. The third-order valence-electron chi connectivity index (χ3n) is 3.35. The Morgan fingerprint density at radius 2 is 1.81 bits per heavy atom. The van der Waals surface area contributed by atoms with Gasteiger partial charge in [-0.3, -0.25) is 0 Å². The van der Waals surface area contributed by atoms with E-state index in [-0.39, 0.29) is 0 Å². The molecule has 4 nitrogen and oxygen atoms in total. The molecule has 0 atom stereocenters. The Labute approximate surface area is 133 Å². The topological polar surface area (TPSA) is 50.3 Å². The first kappa shape index (κ1) is 14.9. The van der Waals surface area contributed by atoms with Gasteiger partial charge in [0.25, 0.3) is 0 Å². The van der Waals surface area contributed by atoms with E-state index < -0.39 is 9.84 Å². The summed E-state index contributed by atoms with van der Waals surface area (Å²) in [4.78, 5) is 7.34. The SMILES string of the molecule is CS(=O)(=O)c1ccc(-c2csc(N3CCSCC3)n2)cc1. The molecule has 1 aliphatic rings. The first-order valence-corrected chi connectivity index (χ1v) is 10.6. The quantitative estimate of drug-likeness (QED) is 0.860. The number of hydrogen-bond donors (Lipinski definition) is 0. The fourth-order valence-electron chi connectivity index (χ4n) is 2.17. The van der Waals surface area contributed by atoms with Crippen molar-refractivity contribution in [2.45, 2.75) is 4.90 Å². The zero-order valence-electron chi connectivity index (χ0n) is 11.7. The monoisotopic (exact) mass is 340 g/mol. The van der Waals surface area contributed by atoms with Crippen molar-refractivity contribution in [2.24, 2.45) is 0 Å². The first-order valence-electron chi connectivity index (χ1n) is 6.63. The van der Waals surface area contributed by atoms with Gasteiger partial charge in [0, 0.05) is 41.8 Å². The number of thiazole rings is 1. The number of benzene rings is 1. The van der Waals surface area contributed by atoms with Crippen LogP contribution in [0.3, 0.4) is 0 Å². The molecule has 0 saturated carbocycles. The molecule has 0 unspecified atom stereocenters. The number of aromatic nitrogens is 1. The van der Waals surface area contributed by atoms with E-state index in [1.807, 2.05) is 29.3 Å². The van der Waals surface area contributed by atoms with Crippen molar-refractivity contribution in [1.82, 2.24) is 4.98 Å². The molecule has 1 aromatic carbocycles. The van der Waals surface area contributed by atoms with E-state index in [9.17, 15) is 8.42 Å². The lowest BCUT2D eigenvalue weighted by atomic mass is 10.2. The number of hydrogen-bond acceptors (Lipinski definition) is 6. The van der Waals surface area contributed by atoms with E-state index in [1.165, 1.54) is 6.26 Å². The normalized spacial score (nSPS) is 16.1. The van der Waals surface area contributed by atoms with Crippen molar-refractivity contribution >= 4 is 38.1 Å². The molecule has 1 fully saturated rings. The standard InChI is InChI=1S/C14H16N2O2S3/c1-21(17,18)12-4-2-11(3-5-12)13-10-20-14(15-13)16-6-8-19-9-7-16/h2-5,10H,6-9H2,1H3. The van der Waals surface area contributed by atoms with Crippen molar-refractivity contribution in [1.29, 1.82) is 0 Å². The molecule has 112 valence electrons. The van der Waals surface area contributed by atoms with Crippen LogP contribution in [0.15, 0.2) is 34.5 Å². The van der Waals surface area contributed by atoms with Crippen LogP contribution >= 0.6 is 23.1 Å². The summed E-state index contributed by atoms with van der Waals surface area (Å²) in [6.07, 6.45) is 1.22. The molecule has 2 aromatic rings. The summed E-state index contributed by atoms with van der Waals surface area (Å²) < 4.78 is 22.9. The minimum atomic E-state index is -3.14. The first-order chi connectivity index (χ1) is 10.0. The average molecular weight is 340 g/mol. The lowest BCUT2D eigenvalue weighted by Gasteiger charge is -2.25. The van der Waals surface area contributed by atoms with Crippen LogP contribution in [0.5, 0.6) is 0 Å². The highest BCUT2D eigenvalue weighted by molar-refractivity contribution is 7.99. The van der Waals surface area contributed by atoms with Gasteiger partial charge in [-0.1, -0.05) is 12.1 Å². The van der Waals surface area contributed by atoms with Gasteiger partial charge in [0.1, 0.15) is 0 Å². The minimum Gasteiger partial charge on any atom is -0.346 e. The third kappa shape index (κ3) is 3.41. The van der Waals surface area contributed by atoms with Crippen LogP contribution in [0.25, 0.3) is 11.3 Å². The van der Waals surface area contributed by atoms with Gasteiger partial charge in [0.15, 0.2) is 15.0 Å². The molecular formula is C14H16N2O2S3. The molecule has 0 bridgehead atoms. The molecule has 2 heterocycles. The molecule has 0 amide bonds. The highest BCUT2D eigenvalue weighted by Gasteiger charge is 2.15. The van der Waals surface area contributed by atoms with Crippen LogP contribution in [0.1, 0.15) is 0 Å². The predicted molar refractivity (Wildman–Crippen MR) is 90.2 cm³/mol. The second-order valence-corrected chi connectivity index (χ2v) is 8.99. The third-order valence-corrected chi connectivity index (χ3v) is 6.32. The molecule has 7 heteroatoms. The summed E-state index contributed by atoms with van der Waals surface area (Å²) in [5.41, 5.74) is 1.87. The summed E-state index contributed by atoms with van der Waals surface area (Å²) >= 11 is 3.63. The van der Waals surface area contributed by atoms with Gasteiger partial charge in [-0.25, -0.2) is 13.4 Å². The van der Waals surface area contributed by atoms with Gasteiger partial charge in [-0.15, -0.1) is 11.3 Å². The van der Waals surface area contributed by atoms with E-state index in [2.05, 4.69) is 9.88 Å². The summed E-state index contributed by atoms with van der Waals surface area (Å²) in [5, 5.41) is 3.09. The van der Waals surface area contributed by atoms with Crippen LogP contribution in [-0.4, -0.2) is 44.3 Å². The predicted octanol–water partition coefficient (Wildman–Crippen LogP) is 2.77. The van der Waals surface area contributed by atoms with E-state index in [0.717, 1.165) is 41.0 Å². The van der Waals surface area contributed by atoms with E-state index >= 15 is 0 Å². The molecule has 21 heavy (non-hydrogen) atoms. The maximum absolute atomic E-state index is 11.5. The van der Waals surface area contributed by atoms with Gasteiger partial charge < -0.3 is 4.90 Å². The number of thioether (sulfide) groups is 1. The van der Waals surface area contributed by atoms with Crippen molar-refractivity contribution in [3.63, 3.8) is 0 Å². The highest BCUT2D eigenvalue weighted by Crippen LogP contribution is 2.29. The lowest BCUT2D eigenvalue weighted by Crippen LogP contribution is -2.32. The largest absolute Gasteiger partial charge is 0.346 e. The lowest BCUT2D eigenvalue weighted by molar-refractivity contribution is 0.602. The second kappa shape index (κ2) is 5.98. The Bertz CT molecular complexity index is 717. The summed E-state index contributed by atoms with van der Waals surface area (Å²) in [5.74, 6) is 2.30. The van der Waals surface area contributed by atoms with Crippen molar-refractivity contribution in [3.8, 4) is 11.3 Å². The van der Waals surface area contributed by atoms with Gasteiger partial charge >= 0.3 is 0 Å². The molecule has 0 aliphatic carbocycles. The number of rotatable bonds is 3. The Morgan fingerprint density at radius 3 is 2.43 bits per heavy atom. The summed E-state index contributed by atoms with van der Waals surface area (Å²) in [7, 11) is -3.14. The number of nitrogens with zero attached hydrogens (tertiary/aromatic N) is 2. The molecule has 3 rings (SSSR count). The Balaban J connectivity index is 1.82. The fourth-order valence-corrected chi connectivity index (χ4v) is 4.59. The zero-order valence-corrected chi connectivity index (χ0v) is 14.1. The molecule has 0 radical (unpaired) electrons. The van der Waals surface area contributed by atoms with Crippen molar-refractivity contribution in [3.05, 3.63) is 29.6 Å². The Hall–Kier alpha value is -1.05. The van der Waals surface area contributed by atoms with E-state index in [0.29, 0.717) is 4.90 Å². The van der Waals surface area contributed by atoms with E-state index in [1.54, 1.807) is 23.5 Å². The van der Waals surface area contributed by atoms with Gasteiger partial charge in [-0.2, -0.15) is 11.8 Å². The van der Waals surface area contributed by atoms with Crippen LogP contribution in [0.2, 0.25) is 0 Å².